The Hall–Kier alpha value is -2.84. The number of rotatable bonds is 16. The SMILES string of the molecule is CCCCCCc1c(O)cccc1Oc1cccc(S(=O)(=O)O)c1.CCCCCCc1c([O-])cccc1Oc1cccc(S(=O)(=O)[O-])c1.[Ca+2]. The minimum atomic E-state index is -4.55. The van der Waals surface area contributed by atoms with E-state index in [0.717, 1.165) is 51.4 Å². The van der Waals surface area contributed by atoms with Gasteiger partial charge in [-0.25, -0.2) is 8.42 Å². The Balaban J connectivity index is 0.000000333. The summed E-state index contributed by atoms with van der Waals surface area (Å²) in [5, 5.41) is 22.2. The van der Waals surface area contributed by atoms with Crippen molar-refractivity contribution in [1.82, 2.24) is 0 Å². The summed E-state index contributed by atoms with van der Waals surface area (Å²) in [6.07, 6.45) is 9.71. The number of ether oxygens (including phenoxy) is 2. The van der Waals surface area contributed by atoms with Gasteiger partial charge in [0.1, 0.15) is 38.9 Å². The van der Waals surface area contributed by atoms with Crippen LogP contribution in [-0.4, -0.2) is 68.8 Å². The van der Waals surface area contributed by atoms with Gasteiger partial charge in [0.15, 0.2) is 0 Å². The fourth-order valence-corrected chi connectivity index (χ4v) is 5.91. The zero-order valence-electron chi connectivity index (χ0n) is 27.8. The quantitative estimate of drug-likeness (QED) is 0.0657. The van der Waals surface area contributed by atoms with Crippen LogP contribution in [0.2, 0.25) is 0 Å². The van der Waals surface area contributed by atoms with E-state index in [4.69, 9.17) is 14.0 Å². The van der Waals surface area contributed by atoms with Crippen molar-refractivity contribution in [2.75, 3.05) is 0 Å². The van der Waals surface area contributed by atoms with Crippen molar-refractivity contribution in [2.45, 2.75) is 87.8 Å². The third-order valence-corrected chi connectivity index (χ3v) is 9.09. The maximum atomic E-state index is 12.1. The van der Waals surface area contributed by atoms with Crippen LogP contribution in [0.1, 0.15) is 76.3 Å². The van der Waals surface area contributed by atoms with Gasteiger partial charge in [-0.05, 0) is 79.8 Å². The van der Waals surface area contributed by atoms with E-state index in [1.165, 1.54) is 42.5 Å². The largest absolute Gasteiger partial charge is 2.00 e. The fraction of sp³-hybridized carbons (Fsp3) is 0.333. The molecule has 0 spiro atoms. The maximum absolute atomic E-state index is 12.1. The van der Waals surface area contributed by atoms with Gasteiger partial charge in [-0.15, -0.1) is 5.75 Å². The van der Waals surface area contributed by atoms with E-state index in [1.807, 2.05) is 0 Å². The van der Waals surface area contributed by atoms with Gasteiger partial charge >= 0.3 is 37.7 Å². The van der Waals surface area contributed by atoms with Crippen molar-refractivity contribution in [3.05, 3.63) is 96.1 Å². The van der Waals surface area contributed by atoms with Crippen molar-refractivity contribution < 1.29 is 45.6 Å². The van der Waals surface area contributed by atoms with Crippen LogP contribution < -0.4 is 14.6 Å². The van der Waals surface area contributed by atoms with Crippen molar-refractivity contribution in [3.63, 3.8) is 0 Å². The third-order valence-electron chi connectivity index (χ3n) is 7.41. The molecule has 0 radical (unpaired) electrons. The molecule has 0 saturated carbocycles. The minimum absolute atomic E-state index is 0. The summed E-state index contributed by atoms with van der Waals surface area (Å²) in [6, 6.07) is 20.8. The summed E-state index contributed by atoms with van der Waals surface area (Å²) in [5.74, 6) is 1.45. The molecular weight excluding hydrogens is 697 g/mol. The second kappa shape index (κ2) is 20.7. The van der Waals surface area contributed by atoms with Crippen LogP contribution in [0.25, 0.3) is 0 Å². The Morgan fingerprint density at radius 1 is 0.633 bits per heavy atom. The van der Waals surface area contributed by atoms with Gasteiger partial charge in [0.05, 0.1) is 9.79 Å². The molecule has 0 fully saturated rings. The van der Waals surface area contributed by atoms with Gasteiger partial charge in [0.25, 0.3) is 10.1 Å². The predicted octanol–water partition coefficient (Wildman–Crippen LogP) is 7.75. The number of hydrogen-bond donors (Lipinski definition) is 2. The Kier molecular flexibility index (Phi) is 17.9. The molecule has 4 rings (SSSR count). The van der Waals surface area contributed by atoms with Crippen molar-refractivity contribution in [1.29, 1.82) is 0 Å². The Bertz CT molecular complexity index is 1710. The van der Waals surface area contributed by atoms with E-state index in [-0.39, 0.29) is 70.5 Å². The molecule has 0 heterocycles. The van der Waals surface area contributed by atoms with E-state index < -0.39 is 20.2 Å². The van der Waals surface area contributed by atoms with Crippen LogP contribution in [-0.2, 0) is 33.1 Å². The van der Waals surface area contributed by atoms with E-state index in [9.17, 15) is 31.6 Å². The molecule has 0 bridgehead atoms. The molecule has 2 N–H and O–H groups in total. The average molecular weight is 739 g/mol. The van der Waals surface area contributed by atoms with Crippen molar-refractivity contribution in [3.8, 4) is 34.5 Å². The van der Waals surface area contributed by atoms with Crippen LogP contribution in [0.4, 0.5) is 0 Å². The van der Waals surface area contributed by atoms with Gasteiger partial charge in [-0.2, -0.15) is 8.42 Å². The molecule has 4 aromatic rings. The number of phenols is 1. The molecule has 0 amide bonds. The van der Waals surface area contributed by atoms with E-state index >= 15 is 0 Å². The summed E-state index contributed by atoms with van der Waals surface area (Å²) in [6.45, 7) is 4.25. The number of unbranched alkanes of at least 4 members (excludes halogenated alkanes) is 6. The third kappa shape index (κ3) is 14.1. The summed E-state index contributed by atoms with van der Waals surface area (Å²) in [5.41, 5.74) is 1.27. The van der Waals surface area contributed by atoms with Crippen LogP contribution in [0.5, 0.6) is 34.5 Å². The molecule has 49 heavy (non-hydrogen) atoms. The van der Waals surface area contributed by atoms with E-state index in [0.29, 0.717) is 35.5 Å². The fourth-order valence-electron chi connectivity index (χ4n) is 4.89. The first-order chi connectivity index (χ1) is 22.8. The molecule has 0 saturated heterocycles. The van der Waals surface area contributed by atoms with Gasteiger partial charge in [-0.3, -0.25) is 4.55 Å². The molecular formula is C36H42CaO10S2. The first kappa shape index (κ1) is 42.3. The summed E-state index contributed by atoms with van der Waals surface area (Å²) < 4.78 is 76.3. The van der Waals surface area contributed by atoms with Crippen molar-refractivity contribution >= 4 is 58.0 Å². The van der Waals surface area contributed by atoms with Crippen LogP contribution >= 0.6 is 0 Å². The predicted molar refractivity (Wildman–Crippen MR) is 186 cm³/mol. The molecule has 260 valence electrons. The van der Waals surface area contributed by atoms with E-state index in [1.54, 1.807) is 42.5 Å². The Morgan fingerprint density at radius 3 is 1.63 bits per heavy atom. The van der Waals surface area contributed by atoms with Gasteiger partial charge in [-0.1, -0.05) is 82.7 Å². The zero-order valence-corrected chi connectivity index (χ0v) is 31.7. The molecule has 13 heteroatoms. The van der Waals surface area contributed by atoms with Crippen LogP contribution in [0.3, 0.4) is 0 Å². The molecule has 0 aromatic heterocycles. The second-order valence-corrected chi connectivity index (χ2v) is 14.0. The first-order valence-corrected chi connectivity index (χ1v) is 18.8. The monoisotopic (exact) mass is 738 g/mol. The topological polar surface area (TPSA) is 173 Å². The summed E-state index contributed by atoms with van der Waals surface area (Å²) >= 11 is 0. The molecule has 4 aromatic carbocycles. The Labute approximate surface area is 319 Å². The maximum Gasteiger partial charge on any atom is 2.00 e. The van der Waals surface area contributed by atoms with Crippen molar-refractivity contribution in [2.24, 2.45) is 0 Å². The molecule has 0 aliphatic rings. The molecule has 0 unspecified atom stereocenters. The number of phenolic OH excluding ortho intramolecular Hbond substituents is 1. The number of hydrogen-bond acceptors (Lipinski definition) is 9. The average Bonchev–Trinajstić information content (AvgIpc) is 3.03. The second-order valence-electron chi connectivity index (χ2n) is 11.2. The molecule has 0 atom stereocenters. The first-order valence-electron chi connectivity index (χ1n) is 15.9. The van der Waals surface area contributed by atoms with Gasteiger partial charge in [0.2, 0.25) is 0 Å². The smallest absolute Gasteiger partial charge is 0.872 e. The number of benzene rings is 4. The summed E-state index contributed by atoms with van der Waals surface area (Å²) in [7, 11) is -8.83. The molecule has 0 aliphatic carbocycles. The standard InChI is InChI=1S/2C18H22O5S.Ca/c2*1-2-3-4-5-10-16-17(19)11-7-12-18(16)23-14-8-6-9-15(13-14)24(20,21)22;/h2*6-9,11-13,19H,2-5,10H2,1H3,(H,20,21,22);/q;;+2/p-2. The molecule has 0 aliphatic heterocycles. The zero-order chi connectivity index (χ0) is 35.2. The summed E-state index contributed by atoms with van der Waals surface area (Å²) in [4.78, 5) is -0.590. The van der Waals surface area contributed by atoms with Crippen LogP contribution in [0, 0.1) is 0 Å². The van der Waals surface area contributed by atoms with E-state index in [2.05, 4.69) is 13.8 Å². The van der Waals surface area contributed by atoms with Gasteiger partial charge < -0.3 is 24.2 Å². The number of aromatic hydroxyl groups is 1. The minimum Gasteiger partial charge on any atom is -0.872 e. The van der Waals surface area contributed by atoms with Crippen LogP contribution in [0.15, 0.2) is 94.7 Å². The normalized spacial score (nSPS) is 11.2. The molecule has 10 nitrogen and oxygen atoms in total. The van der Waals surface area contributed by atoms with Gasteiger partial charge in [0, 0.05) is 11.6 Å². The Morgan fingerprint density at radius 2 is 1.10 bits per heavy atom.